The first-order valence-corrected chi connectivity index (χ1v) is 4.67. The summed E-state index contributed by atoms with van der Waals surface area (Å²) in [7, 11) is 0. The molecule has 1 fully saturated rings. The van der Waals surface area contributed by atoms with E-state index in [4.69, 9.17) is 4.84 Å². The van der Waals surface area contributed by atoms with E-state index in [1.807, 2.05) is 6.08 Å². The molecule has 3 rings (SSSR count). The summed E-state index contributed by atoms with van der Waals surface area (Å²) in [5, 5.41) is 3.29. The van der Waals surface area contributed by atoms with Gasteiger partial charge in [-0.1, -0.05) is 24.3 Å². The molecule has 2 atom stereocenters. The highest BCUT2D eigenvalue weighted by Gasteiger charge is 2.31. The van der Waals surface area contributed by atoms with E-state index in [0.29, 0.717) is 0 Å². The quantitative estimate of drug-likeness (QED) is 0.568. The molecule has 3 nitrogen and oxygen atoms in total. The van der Waals surface area contributed by atoms with Crippen molar-refractivity contribution in [2.75, 3.05) is 6.54 Å². The molecule has 2 aliphatic heterocycles. The third-order valence-corrected chi connectivity index (χ3v) is 2.75. The van der Waals surface area contributed by atoms with Crippen molar-refractivity contribution in [2.24, 2.45) is 0 Å². The number of hydroxylamine groups is 1. The molecule has 1 saturated heterocycles. The second-order valence-electron chi connectivity index (χ2n) is 3.52. The van der Waals surface area contributed by atoms with E-state index in [9.17, 15) is 0 Å². The monoisotopic (exact) mass is 176 g/mol. The average molecular weight is 176 g/mol. The van der Waals surface area contributed by atoms with Crippen molar-refractivity contribution in [3.63, 3.8) is 0 Å². The van der Waals surface area contributed by atoms with Gasteiger partial charge in [0, 0.05) is 6.54 Å². The SMILES string of the molecule is C1=CC2=C3CCNC3ONC2C=C1. The summed E-state index contributed by atoms with van der Waals surface area (Å²) >= 11 is 0. The number of hydrogen-bond acceptors (Lipinski definition) is 3. The lowest BCUT2D eigenvalue weighted by Crippen LogP contribution is -2.43. The molecule has 0 amide bonds. The van der Waals surface area contributed by atoms with Gasteiger partial charge in [0.05, 0.1) is 6.04 Å². The Balaban J connectivity index is 2.05. The van der Waals surface area contributed by atoms with Crippen LogP contribution in [0.25, 0.3) is 0 Å². The maximum atomic E-state index is 5.47. The van der Waals surface area contributed by atoms with E-state index >= 15 is 0 Å². The van der Waals surface area contributed by atoms with E-state index in [2.05, 4.69) is 29.0 Å². The fourth-order valence-electron chi connectivity index (χ4n) is 2.09. The van der Waals surface area contributed by atoms with E-state index < -0.39 is 0 Å². The molecule has 1 aliphatic carbocycles. The van der Waals surface area contributed by atoms with Crippen molar-refractivity contribution in [3.05, 3.63) is 35.5 Å². The average Bonchev–Trinajstić information content (AvgIpc) is 2.65. The Bertz CT molecular complexity index is 317. The van der Waals surface area contributed by atoms with Crippen LogP contribution in [-0.2, 0) is 4.84 Å². The Morgan fingerprint density at radius 2 is 2.38 bits per heavy atom. The highest BCUT2D eigenvalue weighted by atomic mass is 16.7. The molecule has 68 valence electrons. The minimum atomic E-state index is 0.0994. The van der Waals surface area contributed by atoms with Crippen LogP contribution in [-0.4, -0.2) is 18.8 Å². The highest BCUT2D eigenvalue weighted by molar-refractivity contribution is 5.42. The van der Waals surface area contributed by atoms with Crippen molar-refractivity contribution in [1.29, 1.82) is 0 Å². The van der Waals surface area contributed by atoms with E-state index in [-0.39, 0.29) is 12.3 Å². The summed E-state index contributed by atoms with van der Waals surface area (Å²) < 4.78 is 0. The van der Waals surface area contributed by atoms with Crippen molar-refractivity contribution in [1.82, 2.24) is 10.8 Å². The Hall–Kier alpha value is -0.900. The van der Waals surface area contributed by atoms with Gasteiger partial charge in [-0.3, -0.25) is 10.2 Å². The molecule has 0 aromatic carbocycles. The predicted molar refractivity (Wildman–Crippen MR) is 49.7 cm³/mol. The molecule has 13 heavy (non-hydrogen) atoms. The number of nitrogens with one attached hydrogen (secondary N) is 2. The number of allylic oxidation sites excluding steroid dienone is 2. The maximum Gasteiger partial charge on any atom is 0.152 e. The van der Waals surface area contributed by atoms with Gasteiger partial charge in [0.15, 0.2) is 6.23 Å². The van der Waals surface area contributed by atoms with Crippen LogP contribution in [0.15, 0.2) is 35.5 Å². The van der Waals surface area contributed by atoms with Crippen molar-refractivity contribution >= 4 is 0 Å². The van der Waals surface area contributed by atoms with Crippen LogP contribution in [0.1, 0.15) is 6.42 Å². The molecular weight excluding hydrogens is 164 g/mol. The Morgan fingerprint density at radius 3 is 3.38 bits per heavy atom. The standard InChI is InChI=1S/C10H12N2O/c1-2-4-9-7(3-1)8-5-6-11-10(8)13-12-9/h1-4,9-12H,5-6H2. The van der Waals surface area contributed by atoms with Gasteiger partial charge in [0.25, 0.3) is 0 Å². The van der Waals surface area contributed by atoms with Crippen LogP contribution in [0, 0.1) is 0 Å². The normalized spacial score (nSPS) is 36.3. The van der Waals surface area contributed by atoms with Gasteiger partial charge in [-0.05, 0) is 17.6 Å². The Morgan fingerprint density at radius 1 is 1.38 bits per heavy atom. The molecule has 0 aromatic rings. The molecular formula is C10H12N2O. The minimum Gasteiger partial charge on any atom is -0.287 e. The first kappa shape index (κ1) is 7.50. The third kappa shape index (κ3) is 1.09. The largest absolute Gasteiger partial charge is 0.287 e. The van der Waals surface area contributed by atoms with Gasteiger partial charge in [-0.2, -0.15) is 5.48 Å². The van der Waals surface area contributed by atoms with Crippen molar-refractivity contribution in [3.8, 4) is 0 Å². The van der Waals surface area contributed by atoms with E-state index in [1.54, 1.807) is 0 Å². The second kappa shape index (κ2) is 2.80. The first-order chi connectivity index (χ1) is 6.45. The fraction of sp³-hybridized carbons (Fsp3) is 0.400. The molecule has 0 spiro atoms. The zero-order valence-electron chi connectivity index (χ0n) is 7.29. The fourth-order valence-corrected chi connectivity index (χ4v) is 2.09. The molecule has 3 heteroatoms. The molecule has 0 bridgehead atoms. The van der Waals surface area contributed by atoms with Gasteiger partial charge in [0.1, 0.15) is 0 Å². The molecule has 3 aliphatic rings. The third-order valence-electron chi connectivity index (χ3n) is 2.75. The summed E-state index contributed by atoms with van der Waals surface area (Å²) in [5.74, 6) is 0. The first-order valence-electron chi connectivity index (χ1n) is 4.67. The summed E-state index contributed by atoms with van der Waals surface area (Å²) in [6, 6.07) is 0.260. The second-order valence-corrected chi connectivity index (χ2v) is 3.52. The Kier molecular flexibility index (Phi) is 1.62. The molecule has 2 heterocycles. The van der Waals surface area contributed by atoms with Crippen LogP contribution in [0.2, 0.25) is 0 Å². The van der Waals surface area contributed by atoms with E-state index in [0.717, 1.165) is 13.0 Å². The van der Waals surface area contributed by atoms with Crippen molar-refractivity contribution < 1.29 is 4.84 Å². The van der Waals surface area contributed by atoms with Gasteiger partial charge in [-0.25, -0.2) is 0 Å². The topological polar surface area (TPSA) is 33.3 Å². The molecule has 2 N–H and O–H groups in total. The van der Waals surface area contributed by atoms with Gasteiger partial charge in [-0.15, -0.1) is 0 Å². The lowest BCUT2D eigenvalue weighted by Gasteiger charge is -2.29. The minimum absolute atomic E-state index is 0.0994. The number of hydrogen-bond donors (Lipinski definition) is 2. The summed E-state index contributed by atoms with van der Waals surface area (Å²) in [4.78, 5) is 5.47. The van der Waals surface area contributed by atoms with Crippen LogP contribution < -0.4 is 10.8 Å². The van der Waals surface area contributed by atoms with Crippen LogP contribution >= 0.6 is 0 Å². The summed E-state index contributed by atoms with van der Waals surface area (Å²) in [5.41, 5.74) is 5.82. The summed E-state index contributed by atoms with van der Waals surface area (Å²) in [6.45, 7) is 1.02. The zero-order chi connectivity index (χ0) is 8.67. The number of rotatable bonds is 0. The van der Waals surface area contributed by atoms with Gasteiger partial charge >= 0.3 is 0 Å². The number of fused-ring (bicyclic) bond motifs is 2. The van der Waals surface area contributed by atoms with Gasteiger partial charge < -0.3 is 0 Å². The highest BCUT2D eigenvalue weighted by Crippen LogP contribution is 2.28. The zero-order valence-corrected chi connectivity index (χ0v) is 7.29. The lowest BCUT2D eigenvalue weighted by molar-refractivity contribution is -0.0306. The molecule has 0 radical (unpaired) electrons. The van der Waals surface area contributed by atoms with Crippen LogP contribution in [0.3, 0.4) is 0 Å². The molecule has 2 unspecified atom stereocenters. The van der Waals surface area contributed by atoms with Gasteiger partial charge in [0.2, 0.25) is 0 Å². The molecule has 0 aromatic heterocycles. The molecule has 0 saturated carbocycles. The van der Waals surface area contributed by atoms with Crippen molar-refractivity contribution in [2.45, 2.75) is 18.7 Å². The lowest BCUT2D eigenvalue weighted by atomic mass is 9.95. The summed E-state index contributed by atoms with van der Waals surface area (Å²) in [6.07, 6.45) is 9.64. The van der Waals surface area contributed by atoms with Crippen LogP contribution in [0.4, 0.5) is 0 Å². The van der Waals surface area contributed by atoms with Crippen LogP contribution in [0.5, 0.6) is 0 Å². The smallest absolute Gasteiger partial charge is 0.152 e. The van der Waals surface area contributed by atoms with E-state index in [1.165, 1.54) is 11.1 Å². The predicted octanol–water partition coefficient (Wildman–Crippen LogP) is 0.632. The maximum absolute atomic E-state index is 5.47. The Labute approximate surface area is 77.1 Å².